The minimum Gasteiger partial charge on any atom is -0.295 e. The Bertz CT molecular complexity index is 415. The van der Waals surface area contributed by atoms with Crippen molar-refractivity contribution in [1.82, 2.24) is 0 Å². The topological polar surface area (TPSA) is 60.2 Å². The molecule has 0 saturated carbocycles. The number of ketones is 1. The van der Waals surface area contributed by atoms with Crippen molar-refractivity contribution >= 4 is 23.2 Å². The van der Waals surface area contributed by atoms with E-state index in [2.05, 4.69) is 0 Å². The fourth-order valence-electron chi connectivity index (χ4n) is 0.911. The van der Waals surface area contributed by atoms with Gasteiger partial charge in [0, 0.05) is 6.07 Å². The second-order valence-electron chi connectivity index (χ2n) is 2.76. The fraction of sp³-hybridized carbons (Fsp3) is 0.100. The van der Waals surface area contributed by atoms with E-state index in [-0.39, 0.29) is 11.5 Å². The lowest BCUT2D eigenvalue weighted by Gasteiger charge is -1.97. The average molecular weight is 223 g/mol. The molecule has 0 aliphatic heterocycles. The van der Waals surface area contributed by atoms with Gasteiger partial charge in [-0.2, -0.15) is 0 Å². The van der Waals surface area contributed by atoms with Gasteiger partial charge in [-0.3, -0.25) is 14.9 Å². The monoisotopic (exact) mass is 223 g/mol. The van der Waals surface area contributed by atoms with E-state index in [0.717, 1.165) is 11.8 Å². The molecule has 1 rings (SSSR count). The van der Waals surface area contributed by atoms with Gasteiger partial charge in [0.05, 0.1) is 9.82 Å². The van der Waals surface area contributed by atoms with Crippen LogP contribution >= 0.6 is 11.8 Å². The first-order chi connectivity index (χ1) is 7.11. The van der Waals surface area contributed by atoms with Crippen LogP contribution in [0.5, 0.6) is 0 Å². The molecule has 0 aliphatic rings. The van der Waals surface area contributed by atoms with E-state index < -0.39 is 4.92 Å². The molecule has 78 valence electrons. The summed E-state index contributed by atoms with van der Waals surface area (Å²) in [5.74, 6) is -0.0823. The van der Waals surface area contributed by atoms with Crippen molar-refractivity contribution in [2.75, 3.05) is 0 Å². The molecule has 15 heavy (non-hydrogen) atoms. The maximum Gasteiger partial charge on any atom is 0.283 e. The predicted octanol–water partition coefficient (Wildman–Crippen LogP) is 2.79. The minimum absolute atomic E-state index is 0.0516. The summed E-state index contributed by atoms with van der Waals surface area (Å²) in [6, 6.07) is 6.41. The van der Waals surface area contributed by atoms with Gasteiger partial charge in [-0.05, 0) is 24.5 Å². The number of carbonyl (C=O) groups excluding carboxylic acids is 1. The van der Waals surface area contributed by atoms with E-state index in [1.165, 1.54) is 19.1 Å². The molecule has 0 radical (unpaired) electrons. The number of nitro groups is 1. The molecule has 5 heteroatoms. The van der Waals surface area contributed by atoms with E-state index >= 15 is 0 Å². The number of hydrogen-bond donors (Lipinski definition) is 0. The van der Waals surface area contributed by atoms with E-state index in [1.54, 1.807) is 23.6 Å². The van der Waals surface area contributed by atoms with Crippen LogP contribution in [-0.2, 0) is 4.79 Å². The first kappa shape index (κ1) is 11.5. The number of hydrogen-bond acceptors (Lipinski definition) is 4. The molecule has 0 N–H and O–H groups in total. The average Bonchev–Trinajstić information content (AvgIpc) is 2.17. The summed E-state index contributed by atoms with van der Waals surface area (Å²) in [6.07, 6.45) is 1.38. The van der Waals surface area contributed by atoms with Crippen LogP contribution < -0.4 is 0 Å². The molecule has 0 fully saturated rings. The van der Waals surface area contributed by atoms with Crippen molar-refractivity contribution in [3.63, 3.8) is 0 Å². The van der Waals surface area contributed by atoms with Gasteiger partial charge in [-0.1, -0.05) is 23.9 Å². The van der Waals surface area contributed by atoms with Gasteiger partial charge < -0.3 is 0 Å². The molecule has 1 aromatic carbocycles. The van der Waals surface area contributed by atoms with Crippen LogP contribution in [0, 0.1) is 10.1 Å². The van der Waals surface area contributed by atoms with Crippen LogP contribution in [0.25, 0.3) is 0 Å². The van der Waals surface area contributed by atoms with Crippen LogP contribution in [0.2, 0.25) is 0 Å². The Kier molecular flexibility index (Phi) is 4.05. The summed E-state index contributed by atoms with van der Waals surface area (Å²) in [7, 11) is 0. The Morgan fingerprint density at radius 3 is 2.73 bits per heavy atom. The van der Waals surface area contributed by atoms with E-state index in [4.69, 9.17) is 0 Å². The van der Waals surface area contributed by atoms with Crippen LogP contribution in [0.1, 0.15) is 6.92 Å². The zero-order chi connectivity index (χ0) is 11.3. The molecule has 0 atom stereocenters. The maximum atomic E-state index is 10.6. The molecule has 4 nitrogen and oxygen atoms in total. The van der Waals surface area contributed by atoms with Crippen molar-refractivity contribution in [2.24, 2.45) is 0 Å². The number of nitro benzene ring substituents is 1. The first-order valence-corrected chi connectivity index (χ1v) is 5.06. The summed E-state index contributed by atoms with van der Waals surface area (Å²) in [6.45, 7) is 1.43. The number of thioether (sulfide) groups is 1. The lowest BCUT2D eigenvalue weighted by Crippen LogP contribution is -1.89. The highest BCUT2D eigenvalue weighted by Gasteiger charge is 2.10. The second kappa shape index (κ2) is 5.31. The predicted molar refractivity (Wildman–Crippen MR) is 58.8 cm³/mol. The van der Waals surface area contributed by atoms with Gasteiger partial charge in [-0.15, -0.1) is 0 Å². The molecule has 0 spiro atoms. The third-order valence-electron chi connectivity index (χ3n) is 1.56. The van der Waals surface area contributed by atoms with Crippen molar-refractivity contribution in [3.05, 3.63) is 45.9 Å². The number of allylic oxidation sites excluding steroid dienone is 1. The quantitative estimate of drug-likeness (QED) is 0.341. The van der Waals surface area contributed by atoms with Crippen LogP contribution in [-0.4, -0.2) is 10.7 Å². The van der Waals surface area contributed by atoms with Crippen molar-refractivity contribution in [3.8, 4) is 0 Å². The molecule has 0 aromatic heterocycles. The zero-order valence-corrected chi connectivity index (χ0v) is 8.86. The molecule has 0 amide bonds. The minimum atomic E-state index is -0.441. The SMILES string of the molecule is CC(=O)/C=C/Sc1ccccc1[N+](=O)[O-]. The Morgan fingerprint density at radius 2 is 2.13 bits per heavy atom. The van der Waals surface area contributed by atoms with Gasteiger partial charge >= 0.3 is 0 Å². The molecule has 0 bridgehead atoms. The van der Waals surface area contributed by atoms with Crippen molar-refractivity contribution in [2.45, 2.75) is 11.8 Å². The van der Waals surface area contributed by atoms with Crippen LogP contribution in [0.3, 0.4) is 0 Å². The summed E-state index contributed by atoms with van der Waals surface area (Å²) in [5, 5.41) is 12.2. The molecular formula is C10H9NO3S. The van der Waals surface area contributed by atoms with Crippen LogP contribution in [0.15, 0.2) is 40.6 Å². The van der Waals surface area contributed by atoms with E-state index in [0.29, 0.717) is 4.90 Å². The molecule has 0 unspecified atom stereocenters. The number of para-hydroxylation sites is 1. The standard InChI is InChI=1S/C10H9NO3S/c1-8(12)6-7-15-10-5-3-2-4-9(10)11(13)14/h2-7H,1H3/b7-6+. The van der Waals surface area contributed by atoms with Gasteiger partial charge in [-0.25, -0.2) is 0 Å². The molecule has 1 aromatic rings. The van der Waals surface area contributed by atoms with Gasteiger partial charge in [0.25, 0.3) is 5.69 Å². The smallest absolute Gasteiger partial charge is 0.283 e. The summed E-state index contributed by atoms with van der Waals surface area (Å²) >= 11 is 1.16. The number of benzene rings is 1. The van der Waals surface area contributed by atoms with Crippen molar-refractivity contribution < 1.29 is 9.72 Å². The summed E-state index contributed by atoms with van der Waals surface area (Å²) < 4.78 is 0. The normalized spacial score (nSPS) is 10.5. The largest absolute Gasteiger partial charge is 0.295 e. The zero-order valence-electron chi connectivity index (χ0n) is 8.04. The van der Waals surface area contributed by atoms with Gasteiger partial charge in [0.1, 0.15) is 0 Å². The van der Waals surface area contributed by atoms with Gasteiger partial charge in [0.2, 0.25) is 0 Å². The lowest BCUT2D eigenvalue weighted by molar-refractivity contribution is -0.387. The van der Waals surface area contributed by atoms with Crippen molar-refractivity contribution in [1.29, 1.82) is 0 Å². The molecular weight excluding hydrogens is 214 g/mol. The Morgan fingerprint density at radius 1 is 1.47 bits per heavy atom. The Hall–Kier alpha value is -1.62. The fourth-order valence-corrected chi connectivity index (χ4v) is 1.74. The Labute approximate surface area is 91.1 Å². The summed E-state index contributed by atoms with van der Waals surface area (Å²) in [4.78, 5) is 21.3. The summed E-state index contributed by atoms with van der Waals surface area (Å²) in [5.41, 5.74) is 0.0516. The molecule has 0 aliphatic carbocycles. The highest BCUT2D eigenvalue weighted by molar-refractivity contribution is 8.02. The number of carbonyl (C=O) groups is 1. The third-order valence-corrected chi connectivity index (χ3v) is 2.43. The molecule has 0 saturated heterocycles. The maximum absolute atomic E-state index is 10.6. The number of nitrogens with zero attached hydrogens (tertiary/aromatic N) is 1. The molecule has 0 heterocycles. The van der Waals surface area contributed by atoms with Crippen LogP contribution in [0.4, 0.5) is 5.69 Å². The highest BCUT2D eigenvalue weighted by Crippen LogP contribution is 2.29. The van der Waals surface area contributed by atoms with Gasteiger partial charge in [0.15, 0.2) is 5.78 Å². The first-order valence-electron chi connectivity index (χ1n) is 4.18. The lowest BCUT2D eigenvalue weighted by atomic mass is 10.3. The second-order valence-corrected chi connectivity index (χ2v) is 3.70. The van der Waals surface area contributed by atoms with E-state index in [1.807, 2.05) is 0 Å². The number of rotatable bonds is 4. The van der Waals surface area contributed by atoms with E-state index in [9.17, 15) is 14.9 Å². The Balaban J connectivity index is 2.85. The third kappa shape index (κ3) is 3.55. The highest BCUT2D eigenvalue weighted by atomic mass is 32.2.